The van der Waals surface area contributed by atoms with E-state index in [0.29, 0.717) is 17.9 Å². The molecule has 0 unspecified atom stereocenters. The fourth-order valence-electron chi connectivity index (χ4n) is 4.03. The van der Waals surface area contributed by atoms with E-state index in [1.54, 1.807) is 13.0 Å². The summed E-state index contributed by atoms with van der Waals surface area (Å²) >= 11 is 0. The van der Waals surface area contributed by atoms with Gasteiger partial charge in [0.05, 0.1) is 13.7 Å². The highest BCUT2D eigenvalue weighted by Gasteiger charge is 2.16. The second-order valence-corrected chi connectivity index (χ2v) is 8.78. The monoisotopic (exact) mass is 434 g/mol. The van der Waals surface area contributed by atoms with Crippen molar-refractivity contribution in [1.29, 1.82) is 0 Å². The van der Waals surface area contributed by atoms with Crippen LogP contribution in [0.25, 0.3) is 0 Å². The number of aryl methyl sites for hydroxylation is 1. The maximum absolute atomic E-state index is 11.7. The highest BCUT2D eigenvalue weighted by molar-refractivity contribution is 5.94. The average Bonchev–Trinajstić information content (AvgIpc) is 2.75. The summed E-state index contributed by atoms with van der Waals surface area (Å²) in [7, 11) is 1.31. The summed E-state index contributed by atoms with van der Waals surface area (Å²) in [6, 6.07) is 3.27. The van der Waals surface area contributed by atoms with E-state index in [-0.39, 0.29) is 11.3 Å². The SMILES string of the molecule is CCCCCCCCCCCCCCCCCCOc1cc(C)c(C(=O)OC)c(O)c1. The lowest BCUT2D eigenvalue weighted by Gasteiger charge is -2.11. The van der Waals surface area contributed by atoms with Crippen molar-refractivity contribution in [1.82, 2.24) is 0 Å². The molecule has 1 aromatic carbocycles. The van der Waals surface area contributed by atoms with E-state index < -0.39 is 5.97 Å². The number of methoxy groups -OCH3 is 1. The normalized spacial score (nSPS) is 10.9. The lowest BCUT2D eigenvalue weighted by molar-refractivity contribution is 0.0596. The molecule has 1 N–H and O–H groups in total. The minimum absolute atomic E-state index is 0.0891. The highest BCUT2D eigenvalue weighted by Crippen LogP contribution is 2.28. The van der Waals surface area contributed by atoms with Gasteiger partial charge in [-0.15, -0.1) is 0 Å². The van der Waals surface area contributed by atoms with Gasteiger partial charge < -0.3 is 14.6 Å². The van der Waals surface area contributed by atoms with Crippen LogP contribution >= 0.6 is 0 Å². The van der Waals surface area contributed by atoms with Crippen LogP contribution in [0.2, 0.25) is 0 Å². The maximum atomic E-state index is 11.7. The van der Waals surface area contributed by atoms with Gasteiger partial charge >= 0.3 is 5.97 Å². The molecule has 4 heteroatoms. The summed E-state index contributed by atoms with van der Waals surface area (Å²) in [5.41, 5.74) is 0.867. The predicted molar refractivity (Wildman–Crippen MR) is 129 cm³/mol. The number of aromatic hydroxyl groups is 1. The Morgan fingerprint density at radius 3 is 1.65 bits per heavy atom. The Labute approximate surface area is 190 Å². The zero-order valence-corrected chi connectivity index (χ0v) is 20.3. The van der Waals surface area contributed by atoms with Crippen molar-refractivity contribution in [3.8, 4) is 11.5 Å². The quantitative estimate of drug-likeness (QED) is 0.176. The Balaban J connectivity index is 1.94. The first kappa shape index (κ1) is 27.3. The van der Waals surface area contributed by atoms with E-state index in [9.17, 15) is 9.90 Å². The van der Waals surface area contributed by atoms with E-state index in [1.807, 2.05) is 0 Å². The summed E-state index contributed by atoms with van der Waals surface area (Å²) in [5.74, 6) is -0.0169. The second-order valence-electron chi connectivity index (χ2n) is 8.78. The molecule has 0 saturated heterocycles. The van der Waals surface area contributed by atoms with Gasteiger partial charge in [0, 0.05) is 6.07 Å². The molecule has 31 heavy (non-hydrogen) atoms. The smallest absolute Gasteiger partial charge is 0.341 e. The number of phenols is 1. The molecule has 0 heterocycles. The van der Waals surface area contributed by atoms with Crippen molar-refractivity contribution < 1.29 is 19.4 Å². The lowest BCUT2D eigenvalue weighted by atomic mass is 10.0. The van der Waals surface area contributed by atoms with E-state index in [0.717, 1.165) is 6.42 Å². The zero-order valence-electron chi connectivity index (χ0n) is 20.3. The molecule has 4 nitrogen and oxygen atoms in total. The molecule has 0 aliphatic carbocycles. The van der Waals surface area contributed by atoms with Gasteiger partial charge in [-0.3, -0.25) is 0 Å². The average molecular weight is 435 g/mol. The third kappa shape index (κ3) is 12.7. The number of phenolic OH excluding ortho intramolecular Hbond substituents is 1. The third-order valence-electron chi connectivity index (χ3n) is 5.94. The number of carbonyl (C=O) groups is 1. The molecule has 1 aromatic rings. The molecule has 178 valence electrons. The molecule has 0 radical (unpaired) electrons. The van der Waals surface area contributed by atoms with Crippen LogP contribution in [0.1, 0.15) is 126 Å². The van der Waals surface area contributed by atoms with Crippen molar-refractivity contribution in [3.05, 3.63) is 23.3 Å². The van der Waals surface area contributed by atoms with Crippen molar-refractivity contribution in [2.24, 2.45) is 0 Å². The zero-order chi connectivity index (χ0) is 22.7. The molecule has 0 fully saturated rings. The molecule has 0 aliphatic heterocycles. The van der Waals surface area contributed by atoms with Crippen LogP contribution in [-0.2, 0) is 4.74 Å². The van der Waals surface area contributed by atoms with Crippen LogP contribution in [0, 0.1) is 6.92 Å². The van der Waals surface area contributed by atoms with Gasteiger partial charge in [0.2, 0.25) is 0 Å². The number of unbranched alkanes of at least 4 members (excludes halogenated alkanes) is 15. The van der Waals surface area contributed by atoms with Gasteiger partial charge in [0.15, 0.2) is 0 Å². The maximum Gasteiger partial charge on any atom is 0.341 e. The highest BCUT2D eigenvalue weighted by atomic mass is 16.5. The molecule has 0 amide bonds. The molecule has 0 atom stereocenters. The van der Waals surface area contributed by atoms with Crippen LogP contribution in [0.15, 0.2) is 12.1 Å². The number of hydrogen-bond donors (Lipinski definition) is 1. The topological polar surface area (TPSA) is 55.8 Å². The van der Waals surface area contributed by atoms with E-state index in [1.165, 1.54) is 109 Å². The van der Waals surface area contributed by atoms with E-state index in [4.69, 9.17) is 9.47 Å². The van der Waals surface area contributed by atoms with Crippen LogP contribution in [-0.4, -0.2) is 24.8 Å². The van der Waals surface area contributed by atoms with Gasteiger partial charge in [0.1, 0.15) is 17.1 Å². The second kappa shape index (κ2) is 17.9. The minimum Gasteiger partial charge on any atom is -0.507 e. The first-order valence-electron chi connectivity index (χ1n) is 12.6. The van der Waals surface area contributed by atoms with Crippen molar-refractivity contribution in [2.75, 3.05) is 13.7 Å². The summed E-state index contributed by atoms with van der Waals surface area (Å²) in [6.45, 7) is 4.68. The molecule has 0 aromatic heterocycles. The largest absolute Gasteiger partial charge is 0.507 e. The van der Waals surface area contributed by atoms with Crippen molar-refractivity contribution in [2.45, 2.75) is 117 Å². The van der Waals surface area contributed by atoms with Crippen molar-refractivity contribution >= 4 is 5.97 Å². The van der Waals surface area contributed by atoms with E-state index >= 15 is 0 Å². The van der Waals surface area contributed by atoms with Crippen LogP contribution in [0.4, 0.5) is 0 Å². The molecule has 0 spiro atoms. The van der Waals surface area contributed by atoms with Crippen LogP contribution in [0.3, 0.4) is 0 Å². The molecule has 0 saturated carbocycles. The van der Waals surface area contributed by atoms with Crippen LogP contribution in [0.5, 0.6) is 11.5 Å². The lowest BCUT2D eigenvalue weighted by Crippen LogP contribution is -2.05. The molecule has 0 bridgehead atoms. The van der Waals surface area contributed by atoms with Crippen molar-refractivity contribution in [3.63, 3.8) is 0 Å². The number of esters is 1. The van der Waals surface area contributed by atoms with Gasteiger partial charge in [-0.25, -0.2) is 4.79 Å². The Kier molecular flexibility index (Phi) is 15.8. The molecular weight excluding hydrogens is 388 g/mol. The number of ether oxygens (including phenoxy) is 2. The molecule has 0 aliphatic rings. The first-order chi connectivity index (χ1) is 15.1. The fourth-order valence-corrected chi connectivity index (χ4v) is 4.03. The summed E-state index contributed by atoms with van der Waals surface area (Å²) < 4.78 is 10.4. The van der Waals surface area contributed by atoms with Gasteiger partial charge in [0.25, 0.3) is 0 Å². The Morgan fingerprint density at radius 1 is 0.774 bits per heavy atom. The van der Waals surface area contributed by atoms with Gasteiger partial charge in [-0.05, 0) is 25.0 Å². The standard InChI is InChI=1S/C27H46O4/c1-4-5-6-7-8-9-10-11-12-13-14-15-16-17-18-19-20-31-24-21-23(2)26(25(28)22-24)27(29)30-3/h21-22,28H,4-20H2,1-3H3. The number of carbonyl (C=O) groups excluding carboxylic acids is 1. The van der Waals surface area contributed by atoms with Gasteiger partial charge in [-0.2, -0.15) is 0 Å². The molecule has 1 rings (SSSR count). The van der Waals surface area contributed by atoms with Gasteiger partial charge in [-0.1, -0.05) is 103 Å². The first-order valence-corrected chi connectivity index (χ1v) is 12.6. The van der Waals surface area contributed by atoms with E-state index in [2.05, 4.69) is 6.92 Å². The predicted octanol–water partition coefficient (Wildman–Crippen LogP) is 8.13. The van der Waals surface area contributed by atoms with Crippen LogP contribution < -0.4 is 4.74 Å². The fraction of sp³-hybridized carbons (Fsp3) is 0.741. The summed E-state index contributed by atoms with van der Waals surface area (Å²) in [6.07, 6.45) is 21.6. The minimum atomic E-state index is -0.528. The Morgan fingerprint density at radius 2 is 1.23 bits per heavy atom. The Bertz CT molecular complexity index is 574. The molecular formula is C27H46O4. The third-order valence-corrected chi connectivity index (χ3v) is 5.94. The number of rotatable bonds is 19. The number of hydrogen-bond acceptors (Lipinski definition) is 4. The number of benzene rings is 1. The Hall–Kier alpha value is -1.71. The summed E-state index contributed by atoms with van der Waals surface area (Å²) in [5, 5.41) is 10.0. The summed E-state index contributed by atoms with van der Waals surface area (Å²) in [4.78, 5) is 11.7.